The summed E-state index contributed by atoms with van der Waals surface area (Å²) in [5.74, 6) is -0.600. The number of benzene rings is 3. The van der Waals surface area contributed by atoms with Crippen LogP contribution in [0.25, 0.3) is 0 Å². The highest BCUT2D eigenvalue weighted by molar-refractivity contribution is 7.90. The predicted molar refractivity (Wildman–Crippen MR) is 165 cm³/mol. The van der Waals surface area contributed by atoms with E-state index in [4.69, 9.17) is 21.1 Å². The molecular formula is C30H31ClN4O10S. The van der Waals surface area contributed by atoms with Gasteiger partial charge < -0.3 is 20.1 Å². The fraction of sp³-hybridized carbons (Fsp3) is 0.300. The van der Waals surface area contributed by atoms with E-state index >= 15 is 0 Å². The lowest BCUT2D eigenvalue weighted by Gasteiger charge is -2.28. The van der Waals surface area contributed by atoms with Crippen molar-refractivity contribution in [2.24, 2.45) is 0 Å². The first-order valence-corrected chi connectivity index (χ1v) is 16.0. The van der Waals surface area contributed by atoms with Crippen molar-refractivity contribution in [3.63, 3.8) is 0 Å². The van der Waals surface area contributed by atoms with E-state index < -0.39 is 33.2 Å². The monoisotopic (exact) mass is 674 g/mol. The Morgan fingerprint density at radius 1 is 0.978 bits per heavy atom. The molecule has 14 nitrogen and oxygen atoms in total. The molecule has 3 amide bonds. The normalized spacial score (nSPS) is 16.0. The minimum atomic E-state index is -4.15. The molecule has 0 unspecified atom stereocenters. The summed E-state index contributed by atoms with van der Waals surface area (Å²) in [5, 5.41) is 15.3. The largest absolute Gasteiger partial charge is 0.496 e. The first-order valence-electron chi connectivity index (χ1n) is 14.1. The highest BCUT2D eigenvalue weighted by atomic mass is 35.5. The standard InChI is InChI=1S/C30H31ClN4O10S/c1-43-27-15-6-21(31)18-26(27)28(36)32-17-16-19-2-13-25(14-3-19)46(41,42)34-30(38)33-22-7-11-23(12-8-22)44-29(37)20-4-9-24(10-5-20)45-35(39)40/h2-6,9-10,13-15,18,22-23H,7-8,11-12,16-17H2,1H3,(H,32,36)(H2,33,34,38). The van der Waals surface area contributed by atoms with E-state index in [2.05, 4.69) is 15.5 Å². The number of esters is 1. The maximum Gasteiger partial charge on any atom is 0.338 e. The van der Waals surface area contributed by atoms with E-state index in [1.807, 2.05) is 4.72 Å². The van der Waals surface area contributed by atoms with Crippen molar-refractivity contribution in [1.82, 2.24) is 15.4 Å². The number of ether oxygens (including phenoxy) is 2. The van der Waals surface area contributed by atoms with Crippen molar-refractivity contribution >= 4 is 39.5 Å². The number of carbonyl (C=O) groups excluding carboxylic acids is 3. The van der Waals surface area contributed by atoms with E-state index in [1.165, 1.54) is 49.6 Å². The lowest BCUT2D eigenvalue weighted by atomic mass is 9.93. The van der Waals surface area contributed by atoms with Crippen LogP contribution < -0.4 is 24.9 Å². The van der Waals surface area contributed by atoms with Crippen LogP contribution in [0.15, 0.2) is 71.6 Å². The van der Waals surface area contributed by atoms with E-state index in [0.717, 1.165) is 5.56 Å². The Balaban J connectivity index is 1.19. The minimum Gasteiger partial charge on any atom is -0.496 e. The van der Waals surface area contributed by atoms with Gasteiger partial charge >= 0.3 is 12.0 Å². The third kappa shape index (κ3) is 9.55. The maximum absolute atomic E-state index is 12.8. The molecular weight excluding hydrogens is 644 g/mol. The molecule has 1 aliphatic carbocycles. The molecule has 1 saturated carbocycles. The van der Waals surface area contributed by atoms with Gasteiger partial charge in [0, 0.05) is 17.6 Å². The summed E-state index contributed by atoms with van der Waals surface area (Å²) in [7, 11) is -2.70. The number of urea groups is 1. The molecule has 16 heteroatoms. The number of hydrogen-bond acceptors (Lipinski definition) is 10. The van der Waals surface area contributed by atoms with E-state index in [-0.39, 0.29) is 34.7 Å². The predicted octanol–water partition coefficient (Wildman–Crippen LogP) is 4.05. The van der Waals surface area contributed by atoms with Crippen LogP contribution in [0.2, 0.25) is 5.02 Å². The molecule has 0 heterocycles. The van der Waals surface area contributed by atoms with Crippen LogP contribution in [0.3, 0.4) is 0 Å². The first kappa shape index (κ1) is 34.0. The fourth-order valence-electron chi connectivity index (χ4n) is 4.79. The molecule has 244 valence electrons. The van der Waals surface area contributed by atoms with E-state index in [1.54, 1.807) is 24.3 Å². The first-order chi connectivity index (χ1) is 21.9. The van der Waals surface area contributed by atoms with Gasteiger partial charge in [-0.05, 0) is 92.3 Å². The quantitative estimate of drug-likeness (QED) is 0.143. The van der Waals surface area contributed by atoms with Crippen LogP contribution in [0.4, 0.5) is 4.79 Å². The second kappa shape index (κ2) is 15.4. The number of halogens is 1. The topological polar surface area (TPSA) is 192 Å². The Bertz CT molecular complexity index is 1680. The number of nitrogens with one attached hydrogen (secondary N) is 3. The second-order valence-corrected chi connectivity index (χ2v) is 12.4. The van der Waals surface area contributed by atoms with Crippen molar-refractivity contribution in [2.45, 2.75) is 49.1 Å². The van der Waals surface area contributed by atoms with Gasteiger partial charge in [0.15, 0.2) is 0 Å². The molecule has 0 radical (unpaired) electrons. The van der Waals surface area contributed by atoms with Gasteiger partial charge in [-0.3, -0.25) is 9.63 Å². The molecule has 0 aromatic heterocycles. The average Bonchev–Trinajstić information content (AvgIpc) is 3.02. The van der Waals surface area contributed by atoms with Crippen LogP contribution >= 0.6 is 11.6 Å². The molecule has 0 atom stereocenters. The van der Waals surface area contributed by atoms with Crippen molar-refractivity contribution < 1.29 is 42.2 Å². The summed E-state index contributed by atoms with van der Waals surface area (Å²) in [6.45, 7) is 0.275. The number of sulfonamides is 1. The Kier molecular flexibility index (Phi) is 11.4. The van der Waals surface area contributed by atoms with Crippen LogP contribution in [0.1, 0.15) is 52.0 Å². The minimum absolute atomic E-state index is 0.0273. The molecule has 0 aliphatic heterocycles. The molecule has 0 saturated heterocycles. The Labute approximate surface area is 269 Å². The summed E-state index contributed by atoms with van der Waals surface area (Å²) in [5.41, 5.74) is 1.26. The van der Waals surface area contributed by atoms with Gasteiger partial charge in [-0.2, -0.15) is 0 Å². The Hall–Kier alpha value is -4.89. The lowest BCUT2D eigenvalue weighted by Crippen LogP contribution is -2.46. The Morgan fingerprint density at radius 2 is 1.65 bits per heavy atom. The van der Waals surface area contributed by atoms with Crippen LogP contribution in [0.5, 0.6) is 11.5 Å². The average molecular weight is 675 g/mol. The number of amides is 3. The summed E-state index contributed by atoms with van der Waals surface area (Å²) < 4.78 is 38.3. The van der Waals surface area contributed by atoms with Gasteiger partial charge in [0.1, 0.15) is 17.6 Å². The van der Waals surface area contributed by atoms with E-state index in [0.29, 0.717) is 48.4 Å². The number of methoxy groups -OCH3 is 1. The highest BCUT2D eigenvalue weighted by Crippen LogP contribution is 2.24. The Morgan fingerprint density at radius 3 is 2.28 bits per heavy atom. The third-order valence-corrected chi connectivity index (χ3v) is 8.70. The SMILES string of the molecule is COc1ccc(Cl)cc1C(=O)NCCc1ccc(S(=O)(=O)NC(=O)NC2CCC(OC(=O)c3ccc(O[N+](=O)[O-])cc3)CC2)cc1. The third-order valence-electron chi connectivity index (χ3n) is 7.12. The van der Waals surface area contributed by atoms with Crippen molar-refractivity contribution in [3.05, 3.63) is 98.6 Å². The molecule has 1 aliphatic rings. The van der Waals surface area contributed by atoms with Crippen LogP contribution in [-0.4, -0.2) is 57.2 Å². The number of hydrogen-bond donors (Lipinski definition) is 3. The lowest BCUT2D eigenvalue weighted by molar-refractivity contribution is -0.711. The maximum atomic E-state index is 12.8. The van der Waals surface area contributed by atoms with Gasteiger partial charge in [0.25, 0.3) is 21.0 Å². The van der Waals surface area contributed by atoms with Gasteiger partial charge in [-0.25, -0.2) is 22.7 Å². The molecule has 3 aromatic carbocycles. The zero-order valence-electron chi connectivity index (χ0n) is 24.6. The number of carbonyl (C=O) groups is 3. The molecule has 4 rings (SSSR count). The summed E-state index contributed by atoms with van der Waals surface area (Å²) >= 11 is 5.99. The zero-order chi connectivity index (χ0) is 33.3. The molecule has 3 aromatic rings. The number of nitrogens with zero attached hydrogens (tertiary/aromatic N) is 1. The van der Waals surface area contributed by atoms with Gasteiger partial charge in [-0.15, -0.1) is 10.1 Å². The van der Waals surface area contributed by atoms with Crippen molar-refractivity contribution in [2.75, 3.05) is 13.7 Å². The van der Waals surface area contributed by atoms with Gasteiger partial charge in [-0.1, -0.05) is 23.7 Å². The zero-order valence-corrected chi connectivity index (χ0v) is 26.1. The van der Waals surface area contributed by atoms with Gasteiger partial charge in [0.2, 0.25) is 0 Å². The van der Waals surface area contributed by atoms with Gasteiger partial charge in [0.05, 0.1) is 23.1 Å². The molecule has 46 heavy (non-hydrogen) atoms. The molecule has 0 spiro atoms. The molecule has 1 fully saturated rings. The highest BCUT2D eigenvalue weighted by Gasteiger charge is 2.27. The molecule has 3 N–H and O–H groups in total. The summed E-state index contributed by atoms with van der Waals surface area (Å²) in [6, 6.07) is 14.7. The van der Waals surface area contributed by atoms with Crippen LogP contribution in [-0.2, 0) is 21.2 Å². The van der Waals surface area contributed by atoms with Crippen molar-refractivity contribution in [1.29, 1.82) is 0 Å². The smallest absolute Gasteiger partial charge is 0.338 e. The summed E-state index contributed by atoms with van der Waals surface area (Å²) in [4.78, 5) is 52.1. The fourth-order valence-corrected chi connectivity index (χ4v) is 5.87. The van der Waals surface area contributed by atoms with Crippen LogP contribution in [0, 0.1) is 10.1 Å². The second-order valence-electron chi connectivity index (χ2n) is 10.3. The molecule has 0 bridgehead atoms. The summed E-state index contributed by atoms with van der Waals surface area (Å²) in [6.07, 6.45) is 1.82. The van der Waals surface area contributed by atoms with E-state index in [9.17, 15) is 32.9 Å². The van der Waals surface area contributed by atoms with Crippen molar-refractivity contribution in [3.8, 4) is 11.5 Å². The number of rotatable bonds is 12.